The van der Waals surface area contributed by atoms with Gasteiger partial charge in [0.1, 0.15) is 0 Å². The van der Waals surface area contributed by atoms with E-state index in [1.165, 1.54) is 18.3 Å². The topological polar surface area (TPSA) is 122 Å². The van der Waals surface area contributed by atoms with Gasteiger partial charge in [0, 0.05) is 23.8 Å². The first-order valence-electron chi connectivity index (χ1n) is 12.1. The lowest BCUT2D eigenvalue weighted by molar-refractivity contribution is -0.143. The number of carbonyl (C=O) groups excluding carboxylic acids is 2. The molecular formula is C26H24F6N6O2. The predicted molar refractivity (Wildman–Crippen MR) is 134 cm³/mol. The fraction of sp³-hybridized carbons (Fsp3) is 0.308. The van der Waals surface area contributed by atoms with Gasteiger partial charge < -0.3 is 21.7 Å². The zero-order valence-electron chi connectivity index (χ0n) is 20.8. The second kappa shape index (κ2) is 11.5. The van der Waals surface area contributed by atoms with Crippen LogP contribution >= 0.6 is 0 Å². The molecule has 1 aliphatic rings. The fourth-order valence-electron chi connectivity index (χ4n) is 4.20. The molecule has 2 amide bonds. The minimum atomic E-state index is -5.02. The number of hydrogen-bond acceptors (Lipinski definition) is 6. The number of alkyl halides is 6. The molecule has 3 aromatic rings. The third-order valence-corrected chi connectivity index (χ3v) is 6.10. The summed E-state index contributed by atoms with van der Waals surface area (Å²) >= 11 is 0. The van der Waals surface area contributed by atoms with Crippen LogP contribution in [0.3, 0.4) is 0 Å². The van der Waals surface area contributed by atoms with Crippen molar-refractivity contribution in [3.05, 3.63) is 71.0 Å². The van der Waals surface area contributed by atoms with Gasteiger partial charge in [0.2, 0.25) is 5.91 Å². The summed E-state index contributed by atoms with van der Waals surface area (Å²) in [6, 6.07) is 7.03. The summed E-state index contributed by atoms with van der Waals surface area (Å²) in [5.41, 5.74) is 3.20. The molecule has 8 nitrogen and oxygen atoms in total. The number of nitrogens with two attached hydrogens (primary N) is 1. The molecule has 40 heavy (non-hydrogen) atoms. The normalized spacial score (nSPS) is 15.9. The zero-order chi connectivity index (χ0) is 29.1. The molecule has 0 spiro atoms. The molecule has 1 aromatic heterocycles. The van der Waals surface area contributed by atoms with Gasteiger partial charge in [-0.2, -0.15) is 26.3 Å². The number of halogens is 6. The van der Waals surface area contributed by atoms with Crippen LogP contribution in [0.25, 0.3) is 11.3 Å². The second-order valence-electron chi connectivity index (χ2n) is 9.23. The van der Waals surface area contributed by atoms with Crippen molar-refractivity contribution in [1.29, 1.82) is 0 Å². The van der Waals surface area contributed by atoms with Gasteiger partial charge in [-0.25, -0.2) is 9.97 Å². The molecule has 2 heterocycles. The van der Waals surface area contributed by atoms with Crippen LogP contribution in [-0.2, 0) is 23.6 Å². The van der Waals surface area contributed by atoms with Crippen molar-refractivity contribution in [3.63, 3.8) is 0 Å². The lowest BCUT2D eigenvalue weighted by Gasteiger charge is -2.23. The summed E-state index contributed by atoms with van der Waals surface area (Å²) in [6.07, 6.45) is -7.75. The number of nitrogens with one attached hydrogen (secondary N) is 3. The highest BCUT2D eigenvalue weighted by atomic mass is 19.4. The lowest BCUT2D eigenvalue weighted by atomic mass is 10.0. The first-order valence-corrected chi connectivity index (χ1v) is 12.1. The van der Waals surface area contributed by atoms with Crippen LogP contribution in [0.4, 0.5) is 37.8 Å². The average Bonchev–Trinajstić information content (AvgIpc) is 2.88. The first kappa shape index (κ1) is 28.8. The monoisotopic (exact) mass is 566 g/mol. The van der Waals surface area contributed by atoms with Crippen molar-refractivity contribution in [2.45, 2.75) is 37.7 Å². The first-order chi connectivity index (χ1) is 18.8. The Morgan fingerprint density at radius 2 is 1.73 bits per heavy atom. The van der Waals surface area contributed by atoms with Crippen LogP contribution in [0.1, 0.15) is 40.0 Å². The maximum Gasteiger partial charge on any atom is 0.416 e. The van der Waals surface area contributed by atoms with Crippen molar-refractivity contribution in [2.75, 3.05) is 24.1 Å². The smallest absolute Gasteiger partial charge is 0.382 e. The van der Waals surface area contributed by atoms with E-state index in [0.29, 0.717) is 24.2 Å². The predicted octanol–water partition coefficient (Wildman–Crippen LogP) is 4.43. The van der Waals surface area contributed by atoms with Crippen LogP contribution in [0.5, 0.6) is 0 Å². The van der Waals surface area contributed by atoms with Crippen molar-refractivity contribution < 1.29 is 35.9 Å². The number of piperidine rings is 1. The molecule has 1 saturated heterocycles. The molecule has 4 rings (SSSR count). The van der Waals surface area contributed by atoms with Crippen LogP contribution in [0, 0.1) is 0 Å². The highest BCUT2D eigenvalue weighted by molar-refractivity contribution is 5.97. The van der Waals surface area contributed by atoms with E-state index in [9.17, 15) is 35.9 Å². The largest absolute Gasteiger partial charge is 0.416 e. The molecule has 14 heteroatoms. The maximum absolute atomic E-state index is 13.1. The lowest BCUT2D eigenvalue weighted by Crippen LogP contribution is -2.46. The maximum atomic E-state index is 13.1. The Labute approximate surface area is 224 Å². The highest BCUT2D eigenvalue weighted by Gasteiger charge is 2.37. The summed E-state index contributed by atoms with van der Waals surface area (Å²) in [4.78, 5) is 33.7. The van der Waals surface area contributed by atoms with Crippen LogP contribution in [0.2, 0.25) is 0 Å². The third kappa shape index (κ3) is 7.25. The number of aromatic nitrogens is 2. The second-order valence-corrected chi connectivity index (χ2v) is 9.23. The van der Waals surface area contributed by atoms with E-state index in [0.717, 1.165) is 19.4 Å². The Kier molecular flexibility index (Phi) is 8.28. The molecule has 1 fully saturated rings. The Bertz CT molecular complexity index is 1370. The van der Waals surface area contributed by atoms with Crippen molar-refractivity contribution in [1.82, 2.24) is 20.6 Å². The van der Waals surface area contributed by atoms with Crippen molar-refractivity contribution >= 4 is 23.3 Å². The van der Waals surface area contributed by atoms with Gasteiger partial charge in [-0.3, -0.25) is 9.59 Å². The highest BCUT2D eigenvalue weighted by Crippen LogP contribution is 2.36. The van der Waals surface area contributed by atoms with Crippen LogP contribution < -0.4 is 21.7 Å². The van der Waals surface area contributed by atoms with Crippen molar-refractivity contribution in [3.8, 4) is 11.3 Å². The minimum Gasteiger partial charge on any atom is -0.382 e. The van der Waals surface area contributed by atoms with Gasteiger partial charge in [0.25, 0.3) is 5.91 Å². The van der Waals surface area contributed by atoms with E-state index in [1.54, 1.807) is 12.1 Å². The SMILES string of the molecule is Nc1ncc(-c2cccc(NC(=O)Cc3cc(C(F)(F)F)cc(C(F)(F)F)c3)c2)nc1C(=O)N[C@H]1CCCNC1. The van der Waals surface area contributed by atoms with Gasteiger partial charge in [-0.15, -0.1) is 0 Å². The molecule has 0 bridgehead atoms. The molecule has 0 saturated carbocycles. The van der Waals surface area contributed by atoms with Crippen LogP contribution in [0.15, 0.2) is 48.7 Å². The van der Waals surface area contributed by atoms with E-state index in [4.69, 9.17) is 5.73 Å². The van der Waals surface area contributed by atoms with E-state index >= 15 is 0 Å². The Morgan fingerprint density at radius 1 is 1.02 bits per heavy atom. The fourth-order valence-corrected chi connectivity index (χ4v) is 4.20. The molecule has 1 atom stereocenters. The number of nitrogen functional groups attached to an aromatic ring is 1. The van der Waals surface area contributed by atoms with Gasteiger partial charge in [-0.1, -0.05) is 12.1 Å². The van der Waals surface area contributed by atoms with Crippen molar-refractivity contribution in [2.24, 2.45) is 0 Å². The zero-order valence-corrected chi connectivity index (χ0v) is 20.8. The van der Waals surface area contributed by atoms with E-state index in [-0.39, 0.29) is 35.0 Å². The van der Waals surface area contributed by atoms with Gasteiger partial charge in [0.05, 0.1) is 29.4 Å². The number of benzene rings is 2. The number of amides is 2. The standard InChI is InChI=1S/C26H24F6N6O2/c27-25(28,29)16-7-14(8-17(11-16)26(30,31)32)9-21(39)36-18-4-1-3-15(10-18)20-13-35-23(33)22(38-20)24(40)37-19-5-2-6-34-12-19/h1,3-4,7-8,10-11,13,19,34H,2,5-6,9,12H2,(H2,33,35)(H,36,39)(H,37,40)/t19-/m0/s1. The molecule has 0 aliphatic carbocycles. The van der Waals surface area contributed by atoms with Gasteiger partial charge in [-0.05, 0) is 55.3 Å². The summed E-state index contributed by atoms with van der Waals surface area (Å²) in [7, 11) is 0. The van der Waals surface area contributed by atoms with E-state index in [2.05, 4.69) is 25.9 Å². The van der Waals surface area contributed by atoms with Gasteiger partial charge in [0.15, 0.2) is 11.5 Å². The Balaban J connectivity index is 1.50. The molecule has 5 N–H and O–H groups in total. The van der Waals surface area contributed by atoms with E-state index in [1.807, 2.05) is 0 Å². The molecule has 2 aromatic carbocycles. The number of nitrogens with zero attached hydrogens (tertiary/aromatic N) is 2. The molecule has 0 unspecified atom stereocenters. The Hall–Kier alpha value is -4.20. The summed E-state index contributed by atoms with van der Waals surface area (Å²) in [6.45, 7) is 1.48. The number of carbonyl (C=O) groups is 2. The number of hydrogen-bond donors (Lipinski definition) is 4. The molecule has 1 aliphatic heterocycles. The quantitative estimate of drug-likeness (QED) is 0.328. The number of anilines is 2. The van der Waals surface area contributed by atoms with E-state index < -0.39 is 47.3 Å². The molecular weight excluding hydrogens is 542 g/mol. The average molecular weight is 567 g/mol. The summed E-state index contributed by atoms with van der Waals surface area (Å²) in [5.74, 6) is -1.41. The van der Waals surface area contributed by atoms with Gasteiger partial charge >= 0.3 is 12.4 Å². The van der Waals surface area contributed by atoms with Crippen LogP contribution in [-0.4, -0.2) is 40.9 Å². The number of rotatable bonds is 6. The molecule has 212 valence electrons. The minimum absolute atomic E-state index is 0.000894. The molecule has 0 radical (unpaired) electrons. The summed E-state index contributed by atoms with van der Waals surface area (Å²) < 4.78 is 78.8. The third-order valence-electron chi connectivity index (χ3n) is 6.10. The summed E-state index contributed by atoms with van der Waals surface area (Å²) in [5, 5.41) is 8.50. The Morgan fingerprint density at radius 3 is 2.35 bits per heavy atom.